The number of hydrogen-bond donors (Lipinski definition) is 2. The number of nitrogens with zero attached hydrogens (tertiary/aromatic N) is 3. The minimum atomic E-state index is -0.410. The van der Waals surface area contributed by atoms with E-state index >= 15 is 0 Å². The number of ether oxygens (including phenoxy) is 2. The highest BCUT2D eigenvalue weighted by Crippen LogP contribution is 2.44. The Hall–Kier alpha value is -4.44. The maximum Gasteiger partial charge on any atom is 0.302 e. The first kappa shape index (κ1) is 22.4. The van der Waals surface area contributed by atoms with E-state index in [1.807, 2.05) is 54.6 Å². The van der Waals surface area contributed by atoms with E-state index in [1.54, 1.807) is 27.5 Å². The number of amides is 1. The maximum atomic E-state index is 13.1. The smallest absolute Gasteiger partial charge is 0.302 e. The van der Waals surface area contributed by atoms with Gasteiger partial charge in [0.05, 0.1) is 25.6 Å². The fraction of sp³-hybridized carbons (Fsp3) is 0.120. The van der Waals surface area contributed by atoms with Crippen LogP contribution in [0, 0.1) is 0 Å². The molecule has 5 aromatic rings. The second kappa shape index (κ2) is 9.07. The van der Waals surface area contributed by atoms with Crippen molar-refractivity contribution < 1.29 is 23.5 Å². The molecule has 35 heavy (non-hydrogen) atoms. The number of thiophene rings is 1. The van der Waals surface area contributed by atoms with Gasteiger partial charge in [0.1, 0.15) is 21.2 Å². The summed E-state index contributed by atoms with van der Waals surface area (Å²) in [6, 6.07) is 17.3. The van der Waals surface area contributed by atoms with Crippen molar-refractivity contribution in [3.8, 4) is 33.9 Å². The zero-order valence-electron chi connectivity index (χ0n) is 19.2. The summed E-state index contributed by atoms with van der Waals surface area (Å²) >= 11 is 1.21. The molecule has 0 atom stereocenters. The Morgan fingerprint density at radius 2 is 1.89 bits per heavy atom. The summed E-state index contributed by atoms with van der Waals surface area (Å²) in [5, 5.41) is 7.08. The van der Waals surface area contributed by atoms with Crippen LogP contribution in [-0.4, -0.2) is 30.4 Å². The zero-order chi connectivity index (χ0) is 24.5. The Morgan fingerprint density at radius 1 is 1.09 bits per heavy atom. The van der Waals surface area contributed by atoms with Crippen LogP contribution in [0.25, 0.3) is 32.6 Å². The molecule has 0 bridgehead atoms. The minimum absolute atomic E-state index is 0.210. The fourth-order valence-electron chi connectivity index (χ4n) is 3.83. The van der Waals surface area contributed by atoms with Crippen LogP contribution in [-0.2, 0) is 7.05 Å². The second-order valence-electron chi connectivity index (χ2n) is 7.71. The predicted octanol–water partition coefficient (Wildman–Crippen LogP) is 4.29. The van der Waals surface area contributed by atoms with Gasteiger partial charge in [-0.25, -0.2) is 4.98 Å². The molecule has 0 unspecified atom stereocenters. The molecular formula is C25H22N5O4S+. The molecule has 9 nitrogen and oxygen atoms in total. The highest BCUT2D eigenvalue weighted by Gasteiger charge is 2.24. The van der Waals surface area contributed by atoms with Crippen molar-refractivity contribution in [1.29, 1.82) is 0 Å². The monoisotopic (exact) mass is 488 g/mol. The number of nitrogen functional groups attached to an aromatic ring is 1. The summed E-state index contributed by atoms with van der Waals surface area (Å²) in [7, 11) is 4.90. The number of benzene rings is 2. The average molecular weight is 489 g/mol. The Bertz CT molecular complexity index is 1540. The molecule has 1 amide bonds. The van der Waals surface area contributed by atoms with E-state index in [2.05, 4.69) is 10.6 Å². The van der Waals surface area contributed by atoms with Gasteiger partial charge in [-0.15, -0.1) is 11.3 Å². The third-order valence-electron chi connectivity index (χ3n) is 5.48. The molecule has 2 aromatic carbocycles. The van der Waals surface area contributed by atoms with Crippen LogP contribution in [0.4, 0.5) is 11.6 Å². The van der Waals surface area contributed by atoms with E-state index in [1.165, 1.54) is 16.0 Å². The number of pyridine rings is 1. The first-order chi connectivity index (χ1) is 17.0. The molecule has 0 aliphatic carbocycles. The Morgan fingerprint density at radius 3 is 2.57 bits per heavy atom. The number of carbonyl (C=O) groups is 1. The van der Waals surface area contributed by atoms with Gasteiger partial charge in [0.2, 0.25) is 0 Å². The molecule has 0 saturated carbocycles. The minimum Gasteiger partial charge on any atom is -0.497 e. The number of nitrogens with two attached hydrogens (primary N) is 1. The van der Waals surface area contributed by atoms with Crippen molar-refractivity contribution in [3.63, 3.8) is 0 Å². The van der Waals surface area contributed by atoms with Crippen LogP contribution >= 0.6 is 11.3 Å². The molecule has 0 aliphatic rings. The van der Waals surface area contributed by atoms with Crippen molar-refractivity contribution in [2.75, 3.05) is 25.3 Å². The first-order valence-electron chi connectivity index (χ1n) is 10.6. The molecule has 5 rings (SSSR count). The zero-order valence-corrected chi connectivity index (χ0v) is 20.1. The molecule has 176 valence electrons. The van der Waals surface area contributed by atoms with E-state index in [0.717, 1.165) is 22.4 Å². The number of carbonyl (C=O) groups excluding carboxylic acids is 1. The lowest BCUT2D eigenvalue weighted by atomic mass is 9.98. The van der Waals surface area contributed by atoms with Crippen molar-refractivity contribution in [1.82, 2.24) is 10.3 Å². The van der Waals surface area contributed by atoms with E-state index in [4.69, 9.17) is 24.7 Å². The second-order valence-corrected chi connectivity index (χ2v) is 8.71. The van der Waals surface area contributed by atoms with Crippen LogP contribution in [0.1, 0.15) is 9.67 Å². The van der Waals surface area contributed by atoms with Crippen molar-refractivity contribution in [3.05, 3.63) is 65.7 Å². The summed E-state index contributed by atoms with van der Waals surface area (Å²) in [6.45, 7) is 0. The third-order valence-corrected chi connectivity index (χ3v) is 6.58. The van der Waals surface area contributed by atoms with Gasteiger partial charge in [0.15, 0.2) is 12.3 Å². The first-order valence-corrected chi connectivity index (χ1v) is 11.4. The largest absolute Gasteiger partial charge is 0.497 e. The standard InChI is InChI=1S/C25H21N5O4S/c1-30-13-20(34-29-30)28-24(31)23-22(26)21-17(16-11-15(32-2)9-10-19(16)33-3)12-18(27-25(21)35-23)14-7-5-4-6-8-14/h4-13H,1-3H3,(H2-,26,28,29,31)/p+1. The maximum absolute atomic E-state index is 13.1. The molecule has 10 heteroatoms. The molecular weight excluding hydrogens is 466 g/mol. The lowest BCUT2D eigenvalue weighted by Gasteiger charge is -2.13. The quantitative estimate of drug-likeness (QED) is 0.342. The number of aromatic nitrogens is 3. The molecule has 3 aromatic heterocycles. The SMILES string of the molecule is COc1ccc(OC)c(-c2cc(-c3ccccc3)nc3sc(C(=O)Nc4c[n+](C)no4)c(N)c23)c1. The normalized spacial score (nSPS) is 10.9. The lowest BCUT2D eigenvalue weighted by Crippen LogP contribution is -2.28. The van der Waals surface area contributed by atoms with Gasteiger partial charge in [-0.2, -0.15) is 0 Å². The van der Waals surface area contributed by atoms with Crippen molar-refractivity contribution in [2.45, 2.75) is 0 Å². The van der Waals surface area contributed by atoms with Crippen LogP contribution in [0.15, 0.2) is 65.3 Å². The Labute approximate surface area is 204 Å². The van der Waals surface area contributed by atoms with E-state index < -0.39 is 5.91 Å². The van der Waals surface area contributed by atoms with Gasteiger partial charge in [0, 0.05) is 22.1 Å². The third kappa shape index (κ3) is 4.15. The predicted molar refractivity (Wildman–Crippen MR) is 134 cm³/mol. The van der Waals surface area contributed by atoms with Crippen LogP contribution in [0.2, 0.25) is 0 Å². The van der Waals surface area contributed by atoms with Crippen LogP contribution < -0.4 is 25.2 Å². The highest BCUT2D eigenvalue weighted by atomic mass is 32.1. The van der Waals surface area contributed by atoms with Crippen LogP contribution in [0.3, 0.4) is 0 Å². The van der Waals surface area contributed by atoms with Gasteiger partial charge in [-0.05, 0) is 24.3 Å². The molecule has 0 spiro atoms. The van der Waals surface area contributed by atoms with Crippen molar-refractivity contribution >= 4 is 39.0 Å². The van der Waals surface area contributed by atoms with Gasteiger partial charge in [0.25, 0.3) is 12.1 Å². The summed E-state index contributed by atoms with van der Waals surface area (Å²) in [5.74, 6) is 1.11. The number of aryl methyl sites for hydroxylation is 1. The highest BCUT2D eigenvalue weighted by molar-refractivity contribution is 7.21. The molecule has 0 radical (unpaired) electrons. The number of methoxy groups -OCH3 is 2. The number of anilines is 2. The average Bonchev–Trinajstić information content (AvgIpc) is 3.45. The van der Waals surface area contributed by atoms with Gasteiger partial charge in [-0.3, -0.25) is 14.6 Å². The van der Waals surface area contributed by atoms with E-state index in [-0.39, 0.29) is 5.88 Å². The number of nitrogens with one attached hydrogen (secondary N) is 1. The molecule has 3 N–H and O–H groups in total. The Kier molecular flexibility index (Phi) is 5.79. The number of hydrogen-bond acceptors (Lipinski definition) is 8. The van der Waals surface area contributed by atoms with Gasteiger partial charge >= 0.3 is 5.88 Å². The Balaban J connectivity index is 1.74. The fourth-order valence-corrected chi connectivity index (χ4v) is 4.85. The summed E-state index contributed by atoms with van der Waals surface area (Å²) in [5.41, 5.74) is 10.1. The molecule has 0 saturated heterocycles. The van der Waals surface area contributed by atoms with Crippen LogP contribution in [0.5, 0.6) is 11.5 Å². The number of rotatable bonds is 6. The molecule has 0 aliphatic heterocycles. The summed E-state index contributed by atoms with van der Waals surface area (Å²) < 4.78 is 17.7. The number of fused-ring (bicyclic) bond motifs is 1. The summed E-state index contributed by atoms with van der Waals surface area (Å²) in [4.78, 5) is 18.9. The lowest BCUT2D eigenvalue weighted by molar-refractivity contribution is -0.739. The molecule has 0 fully saturated rings. The van der Waals surface area contributed by atoms with Gasteiger partial charge in [-0.1, -0.05) is 35.0 Å². The van der Waals surface area contributed by atoms with Crippen molar-refractivity contribution in [2.24, 2.45) is 7.05 Å². The van der Waals surface area contributed by atoms with E-state index in [0.29, 0.717) is 32.3 Å². The topological polar surface area (TPSA) is 116 Å². The van der Waals surface area contributed by atoms with E-state index in [9.17, 15) is 4.79 Å². The van der Waals surface area contributed by atoms with Gasteiger partial charge < -0.3 is 15.2 Å². The molecule has 3 heterocycles. The summed E-state index contributed by atoms with van der Waals surface area (Å²) in [6.07, 6.45) is 1.56.